The van der Waals surface area contributed by atoms with E-state index in [1.165, 1.54) is 5.69 Å². The number of amides is 1. The number of nitrogens with one attached hydrogen (secondary N) is 1. The van der Waals surface area contributed by atoms with Crippen LogP contribution in [0.15, 0.2) is 30.3 Å². The van der Waals surface area contributed by atoms with E-state index in [2.05, 4.69) is 32.2 Å². The summed E-state index contributed by atoms with van der Waals surface area (Å²) in [5.41, 5.74) is 3.22. The SMILES string of the molecule is CN(Cc1nc2ccccc2s1)C(=O)CCc1cc2n(n1)CCCNC2. The fraction of sp³-hybridized carbons (Fsp3) is 0.421. The van der Waals surface area contributed by atoms with Gasteiger partial charge in [0.2, 0.25) is 5.91 Å². The third-order valence-corrected chi connectivity index (χ3v) is 5.70. The van der Waals surface area contributed by atoms with Crippen molar-refractivity contribution in [3.05, 3.63) is 46.7 Å². The van der Waals surface area contributed by atoms with E-state index in [4.69, 9.17) is 0 Å². The van der Waals surface area contributed by atoms with Crippen molar-refractivity contribution in [2.75, 3.05) is 13.6 Å². The zero-order chi connectivity index (χ0) is 17.9. The van der Waals surface area contributed by atoms with Gasteiger partial charge in [-0.15, -0.1) is 11.3 Å². The van der Waals surface area contributed by atoms with Crippen LogP contribution < -0.4 is 5.32 Å². The Balaban J connectivity index is 1.34. The average molecular weight is 369 g/mol. The van der Waals surface area contributed by atoms with Crippen molar-refractivity contribution in [1.82, 2.24) is 25.0 Å². The van der Waals surface area contributed by atoms with Gasteiger partial charge >= 0.3 is 0 Å². The van der Waals surface area contributed by atoms with Crippen LogP contribution in [0.25, 0.3) is 10.2 Å². The van der Waals surface area contributed by atoms with Gasteiger partial charge in [-0.1, -0.05) is 12.1 Å². The first-order chi connectivity index (χ1) is 12.7. The Morgan fingerprint density at radius 1 is 1.38 bits per heavy atom. The number of rotatable bonds is 5. The van der Waals surface area contributed by atoms with Gasteiger partial charge < -0.3 is 10.2 Å². The van der Waals surface area contributed by atoms with Gasteiger partial charge in [0.25, 0.3) is 0 Å². The smallest absolute Gasteiger partial charge is 0.223 e. The first-order valence-electron chi connectivity index (χ1n) is 9.04. The van der Waals surface area contributed by atoms with Crippen LogP contribution in [0.1, 0.15) is 29.2 Å². The van der Waals surface area contributed by atoms with E-state index in [-0.39, 0.29) is 5.91 Å². The van der Waals surface area contributed by atoms with Gasteiger partial charge in [0.15, 0.2) is 0 Å². The molecule has 1 N–H and O–H groups in total. The van der Waals surface area contributed by atoms with Gasteiger partial charge in [-0.3, -0.25) is 9.48 Å². The Kier molecular flexibility index (Phi) is 4.99. The second-order valence-corrected chi connectivity index (χ2v) is 7.82. The van der Waals surface area contributed by atoms with E-state index in [9.17, 15) is 4.79 Å². The molecule has 26 heavy (non-hydrogen) atoms. The highest BCUT2D eigenvalue weighted by atomic mass is 32.1. The van der Waals surface area contributed by atoms with E-state index in [1.807, 2.05) is 25.2 Å². The molecule has 7 heteroatoms. The van der Waals surface area contributed by atoms with Crippen LogP contribution in [0.4, 0.5) is 0 Å². The number of aromatic nitrogens is 3. The average Bonchev–Trinajstić information content (AvgIpc) is 3.16. The van der Waals surface area contributed by atoms with E-state index in [0.717, 1.165) is 47.0 Å². The molecule has 136 valence electrons. The lowest BCUT2D eigenvalue weighted by atomic mass is 10.2. The number of hydrogen-bond donors (Lipinski definition) is 1. The number of carbonyl (C=O) groups excluding carboxylic acids is 1. The molecule has 1 aliphatic heterocycles. The molecule has 4 rings (SSSR count). The summed E-state index contributed by atoms with van der Waals surface area (Å²) in [6.45, 7) is 3.40. The number of para-hydroxylation sites is 1. The predicted octanol–water partition coefficient (Wildman–Crippen LogP) is 2.58. The van der Waals surface area contributed by atoms with Gasteiger partial charge in [0.05, 0.1) is 28.1 Å². The summed E-state index contributed by atoms with van der Waals surface area (Å²) in [4.78, 5) is 18.9. The highest BCUT2D eigenvalue weighted by Crippen LogP contribution is 2.22. The summed E-state index contributed by atoms with van der Waals surface area (Å²) in [6, 6.07) is 10.2. The number of carbonyl (C=O) groups is 1. The third kappa shape index (κ3) is 3.78. The van der Waals surface area contributed by atoms with Gasteiger partial charge in [-0.25, -0.2) is 4.98 Å². The molecule has 2 aromatic heterocycles. The van der Waals surface area contributed by atoms with Crippen molar-refractivity contribution in [2.24, 2.45) is 0 Å². The van der Waals surface area contributed by atoms with Crippen molar-refractivity contribution >= 4 is 27.5 Å². The first-order valence-corrected chi connectivity index (χ1v) is 9.85. The van der Waals surface area contributed by atoms with Crippen LogP contribution in [0.5, 0.6) is 0 Å². The molecule has 1 amide bonds. The second kappa shape index (κ2) is 7.55. The summed E-state index contributed by atoms with van der Waals surface area (Å²) in [5.74, 6) is 0.130. The van der Waals surface area contributed by atoms with E-state index < -0.39 is 0 Å². The highest BCUT2D eigenvalue weighted by molar-refractivity contribution is 7.18. The van der Waals surface area contributed by atoms with Crippen molar-refractivity contribution in [1.29, 1.82) is 0 Å². The summed E-state index contributed by atoms with van der Waals surface area (Å²) in [5, 5.41) is 9.02. The molecule has 0 fully saturated rings. The lowest BCUT2D eigenvalue weighted by Crippen LogP contribution is -2.26. The molecular weight excluding hydrogens is 346 g/mol. The molecule has 1 aromatic carbocycles. The minimum atomic E-state index is 0.130. The zero-order valence-corrected chi connectivity index (χ0v) is 15.8. The fourth-order valence-electron chi connectivity index (χ4n) is 3.25. The lowest BCUT2D eigenvalue weighted by molar-refractivity contribution is -0.130. The van der Waals surface area contributed by atoms with Crippen molar-refractivity contribution in [3.8, 4) is 0 Å². The normalized spacial score (nSPS) is 14.2. The molecule has 0 saturated heterocycles. The molecule has 0 spiro atoms. The first kappa shape index (κ1) is 17.2. The van der Waals surface area contributed by atoms with Gasteiger partial charge in [-0.2, -0.15) is 5.10 Å². The maximum atomic E-state index is 12.5. The summed E-state index contributed by atoms with van der Waals surface area (Å²) >= 11 is 1.65. The monoisotopic (exact) mass is 369 g/mol. The van der Waals surface area contributed by atoms with Crippen LogP contribution in [0.3, 0.4) is 0 Å². The summed E-state index contributed by atoms with van der Waals surface area (Å²) < 4.78 is 3.24. The zero-order valence-electron chi connectivity index (χ0n) is 14.9. The molecule has 0 unspecified atom stereocenters. The Bertz CT molecular complexity index is 859. The van der Waals surface area contributed by atoms with Crippen LogP contribution in [-0.4, -0.2) is 39.2 Å². The summed E-state index contributed by atoms with van der Waals surface area (Å²) in [6.07, 6.45) is 2.26. The maximum Gasteiger partial charge on any atom is 0.223 e. The van der Waals surface area contributed by atoms with Crippen LogP contribution in [0, 0.1) is 0 Å². The van der Waals surface area contributed by atoms with Crippen LogP contribution in [-0.2, 0) is 30.8 Å². The van der Waals surface area contributed by atoms with Gasteiger partial charge in [0.1, 0.15) is 5.01 Å². The number of nitrogens with zero attached hydrogens (tertiary/aromatic N) is 4. The van der Waals surface area contributed by atoms with Gasteiger partial charge in [0, 0.05) is 33.0 Å². The van der Waals surface area contributed by atoms with Crippen LogP contribution in [0.2, 0.25) is 0 Å². The topological polar surface area (TPSA) is 63.1 Å². The van der Waals surface area contributed by atoms with E-state index >= 15 is 0 Å². The Labute approximate surface area is 156 Å². The van der Waals surface area contributed by atoms with Crippen molar-refractivity contribution in [2.45, 2.75) is 38.9 Å². The molecule has 0 bridgehead atoms. The second-order valence-electron chi connectivity index (χ2n) is 6.71. The van der Waals surface area contributed by atoms with E-state index in [0.29, 0.717) is 19.4 Å². The minimum Gasteiger partial charge on any atom is -0.339 e. The van der Waals surface area contributed by atoms with Crippen LogP contribution >= 0.6 is 11.3 Å². The molecule has 6 nitrogen and oxygen atoms in total. The quantitative estimate of drug-likeness (QED) is 0.751. The molecule has 3 aromatic rings. The largest absolute Gasteiger partial charge is 0.339 e. The van der Waals surface area contributed by atoms with E-state index in [1.54, 1.807) is 16.2 Å². The van der Waals surface area contributed by atoms with Crippen molar-refractivity contribution < 1.29 is 4.79 Å². The number of hydrogen-bond acceptors (Lipinski definition) is 5. The Morgan fingerprint density at radius 2 is 2.27 bits per heavy atom. The predicted molar refractivity (Wildman–Crippen MR) is 103 cm³/mol. The standard InChI is InChI=1S/C19H23N5OS/c1-23(13-18-21-16-5-2-3-6-17(16)26-18)19(25)8-7-14-11-15-12-20-9-4-10-24(15)22-14/h2-3,5-6,11,20H,4,7-10,12-13H2,1H3. The highest BCUT2D eigenvalue weighted by Gasteiger charge is 2.15. The fourth-order valence-corrected chi connectivity index (χ4v) is 4.27. The van der Waals surface area contributed by atoms with Gasteiger partial charge in [-0.05, 0) is 31.2 Å². The Hall–Kier alpha value is -2.25. The molecule has 0 atom stereocenters. The molecule has 3 heterocycles. The number of thiazole rings is 1. The lowest BCUT2D eigenvalue weighted by Gasteiger charge is -2.15. The third-order valence-electron chi connectivity index (χ3n) is 4.67. The molecule has 1 aliphatic rings. The number of aryl methyl sites for hydroxylation is 2. The molecule has 0 aliphatic carbocycles. The molecule has 0 saturated carbocycles. The molecule has 0 radical (unpaired) electrons. The number of benzene rings is 1. The molecular formula is C19H23N5OS. The number of fused-ring (bicyclic) bond motifs is 2. The summed E-state index contributed by atoms with van der Waals surface area (Å²) in [7, 11) is 1.85. The maximum absolute atomic E-state index is 12.5. The van der Waals surface area contributed by atoms with Crippen molar-refractivity contribution in [3.63, 3.8) is 0 Å². The Morgan fingerprint density at radius 3 is 3.15 bits per heavy atom. The minimum absolute atomic E-state index is 0.130.